The summed E-state index contributed by atoms with van der Waals surface area (Å²) in [5, 5.41) is 16.6. The highest BCUT2D eigenvalue weighted by molar-refractivity contribution is 6.05. The fourth-order valence-electron chi connectivity index (χ4n) is 1.78. The molecule has 0 radical (unpaired) electrons. The number of benzene rings is 1. The summed E-state index contributed by atoms with van der Waals surface area (Å²) >= 11 is 0. The smallest absolute Gasteiger partial charge is 0.261 e. The van der Waals surface area contributed by atoms with Gasteiger partial charge >= 0.3 is 0 Å². The van der Waals surface area contributed by atoms with Crippen LogP contribution in [0.4, 0.5) is 5.95 Å². The number of aryl methyl sites for hydroxylation is 2. The van der Waals surface area contributed by atoms with Crippen LogP contribution in [0.15, 0.2) is 18.2 Å². The van der Waals surface area contributed by atoms with E-state index in [1.54, 1.807) is 30.8 Å². The van der Waals surface area contributed by atoms with Crippen molar-refractivity contribution in [2.24, 2.45) is 7.05 Å². The third-order valence-corrected chi connectivity index (χ3v) is 3.14. The quantitative estimate of drug-likeness (QED) is 0.899. The molecule has 0 fully saturated rings. The molecule has 0 aliphatic heterocycles. The van der Waals surface area contributed by atoms with Gasteiger partial charge in [-0.2, -0.15) is 4.98 Å². The van der Waals surface area contributed by atoms with Crippen LogP contribution in [0.2, 0.25) is 0 Å². The zero-order valence-corrected chi connectivity index (χ0v) is 12.0. The van der Waals surface area contributed by atoms with Gasteiger partial charge in [0.25, 0.3) is 5.91 Å². The first-order valence-electron chi connectivity index (χ1n) is 6.40. The maximum absolute atomic E-state index is 12.1. The van der Waals surface area contributed by atoms with Crippen molar-refractivity contribution in [1.82, 2.24) is 14.8 Å². The molecule has 1 amide bonds. The van der Waals surface area contributed by atoms with Gasteiger partial charge in [0, 0.05) is 7.05 Å². The molecule has 1 heterocycles. The summed E-state index contributed by atoms with van der Waals surface area (Å²) in [6.07, 6.45) is 0. The molecule has 0 saturated heterocycles. The number of phenolic OH excluding ortho intramolecular Hbond substituents is 1. The molecular formula is C14H18N4O2. The number of nitrogens with one attached hydrogen (secondary N) is 1. The van der Waals surface area contributed by atoms with Gasteiger partial charge in [0.15, 0.2) is 0 Å². The Labute approximate surface area is 117 Å². The predicted molar refractivity (Wildman–Crippen MR) is 75.9 cm³/mol. The Kier molecular flexibility index (Phi) is 3.74. The maximum Gasteiger partial charge on any atom is 0.261 e. The summed E-state index contributed by atoms with van der Waals surface area (Å²) in [4.78, 5) is 16.2. The van der Waals surface area contributed by atoms with Crippen molar-refractivity contribution in [3.05, 3.63) is 35.2 Å². The first-order chi connectivity index (χ1) is 9.38. The highest BCUT2D eigenvalue weighted by Crippen LogP contribution is 2.24. The molecule has 106 valence electrons. The van der Waals surface area contributed by atoms with Crippen molar-refractivity contribution in [1.29, 1.82) is 0 Å². The van der Waals surface area contributed by atoms with Crippen LogP contribution in [0.5, 0.6) is 5.75 Å². The number of aromatic hydroxyl groups is 1. The van der Waals surface area contributed by atoms with Gasteiger partial charge in [-0.25, -0.2) is 0 Å². The Hall–Kier alpha value is -2.37. The number of rotatable bonds is 3. The van der Waals surface area contributed by atoms with E-state index >= 15 is 0 Å². The van der Waals surface area contributed by atoms with E-state index in [0.29, 0.717) is 5.82 Å². The molecule has 2 rings (SSSR count). The van der Waals surface area contributed by atoms with Crippen LogP contribution in [0, 0.1) is 6.92 Å². The molecule has 2 aromatic rings. The molecule has 1 aromatic heterocycles. The van der Waals surface area contributed by atoms with Gasteiger partial charge in [-0.15, -0.1) is 5.10 Å². The number of hydrogen-bond acceptors (Lipinski definition) is 4. The average molecular weight is 274 g/mol. The summed E-state index contributed by atoms with van der Waals surface area (Å²) in [5.41, 5.74) is 1.19. The Bertz CT molecular complexity index is 627. The van der Waals surface area contributed by atoms with E-state index in [-0.39, 0.29) is 23.2 Å². The first kappa shape index (κ1) is 14.0. The fraction of sp³-hybridized carbons (Fsp3) is 0.357. The van der Waals surface area contributed by atoms with Gasteiger partial charge in [0.2, 0.25) is 5.95 Å². The lowest BCUT2D eigenvalue weighted by Crippen LogP contribution is -2.13. The number of carbonyl (C=O) groups excluding carboxylic acids is 1. The van der Waals surface area contributed by atoms with E-state index in [0.717, 1.165) is 5.56 Å². The standard InChI is InChI=1S/C14H18N4O2/c1-8(2)10-5-6-11(12(19)7-10)13(20)16-14-15-9(3)18(4)17-14/h5-8,19H,1-4H3,(H,16,17,20). The lowest BCUT2D eigenvalue weighted by molar-refractivity contribution is 0.102. The SMILES string of the molecule is Cc1nc(NC(=O)c2ccc(C(C)C)cc2O)nn1C. The molecule has 2 N–H and O–H groups in total. The van der Waals surface area contributed by atoms with Crippen molar-refractivity contribution in [2.45, 2.75) is 26.7 Å². The second kappa shape index (κ2) is 5.32. The Morgan fingerprint density at radius 1 is 1.40 bits per heavy atom. The molecule has 0 bridgehead atoms. The third-order valence-electron chi connectivity index (χ3n) is 3.14. The average Bonchev–Trinajstić information content (AvgIpc) is 2.67. The van der Waals surface area contributed by atoms with Crippen LogP contribution < -0.4 is 5.32 Å². The fourth-order valence-corrected chi connectivity index (χ4v) is 1.78. The number of amides is 1. The van der Waals surface area contributed by atoms with Gasteiger partial charge in [-0.3, -0.25) is 14.8 Å². The van der Waals surface area contributed by atoms with Crippen LogP contribution in [0.3, 0.4) is 0 Å². The molecule has 6 nitrogen and oxygen atoms in total. The second-order valence-corrected chi connectivity index (χ2v) is 4.99. The minimum atomic E-state index is -0.427. The maximum atomic E-state index is 12.1. The van der Waals surface area contributed by atoms with Gasteiger partial charge < -0.3 is 5.11 Å². The van der Waals surface area contributed by atoms with E-state index in [1.807, 2.05) is 19.9 Å². The van der Waals surface area contributed by atoms with E-state index in [9.17, 15) is 9.90 Å². The number of hydrogen-bond donors (Lipinski definition) is 2. The van der Waals surface area contributed by atoms with Crippen molar-refractivity contribution >= 4 is 11.9 Å². The van der Waals surface area contributed by atoms with Gasteiger partial charge in [0.1, 0.15) is 11.6 Å². The van der Waals surface area contributed by atoms with Crippen LogP contribution in [-0.2, 0) is 7.05 Å². The molecule has 0 saturated carbocycles. The highest BCUT2D eigenvalue weighted by atomic mass is 16.3. The zero-order chi connectivity index (χ0) is 14.9. The number of phenols is 1. The minimum Gasteiger partial charge on any atom is -0.507 e. The summed E-state index contributed by atoms with van der Waals surface area (Å²) in [5.74, 6) is 0.741. The van der Waals surface area contributed by atoms with E-state index in [2.05, 4.69) is 15.4 Å². The van der Waals surface area contributed by atoms with Crippen molar-refractivity contribution < 1.29 is 9.90 Å². The monoisotopic (exact) mass is 274 g/mol. The normalized spacial score (nSPS) is 10.8. The predicted octanol–water partition coefficient (Wildman–Crippen LogP) is 2.20. The Morgan fingerprint density at radius 3 is 2.60 bits per heavy atom. The van der Waals surface area contributed by atoms with Gasteiger partial charge in [0.05, 0.1) is 5.56 Å². The number of anilines is 1. The summed E-state index contributed by atoms with van der Waals surface area (Å²) in [6, 6.07) is 5.04. The molecule has 0 unspecified atom stereocenters. The minimum absolute atomic E-state index is 0.0404. The molecule has 0 aliphatic carbocycles. The molecule has 20 heavy (non-hydrogen) atoms. The molecule has 6 heteroatoms. The van der Waals surface area contributed by atoms with E-state index in [4.69, 9.17) is 0 Å². The van der Waals surface area contributed by atoms with Crippen molar-refractivity contribution in [2.75, 3.05) is 5.32 Å². The second-order valence-electron chi connectivity index (χ2n) is 4.99. The van der Waals surface area contributed by atoms with E-state index in [1.165, 1.54) is 0 Å². The van der Waals surface area contributed by atoms with Crippen LogP contribution in [0.1, 0.15) is 41.5 Å². The Morgan fingerprint density at radius 2 is 2.10 bits per heavy atom. The van der Waals surface area contributed by atoms with Gasteiger partial charge in [-0.05, 0) is 30.5 Å². The lowest BCUT2D eigenvalue weighted by atomic mass is 10.0. The summed E-state index contributed by atoms with van der Waals surface area (Å²) in [7, 11) is 1.74. The molecule has 0 aliphatic rings. The third kappa shape index (κ3) is 2.79. The highest BCUT2D eigenvalue weighted by Gasteiger charge is 2.15. The first-order valence-corrected chi connectivity index (χ1v) is 6.40. The largest absolute Gasteiger partial charge is 0.507 e. The van der Waals surface area contributed by atoms with Gasteiger partial charge in [-0.1, -0.05) is 19.9 Å². The van der Waals surface area contributed by atoms with Crippen LogP contribution in [-0.4, -0.2) is 25.8 Å². The summed E-state index contributed by atoms with van der Waals surface area (Å²) < 4.78 is 1.57. The zero-order valence-electron chi connectivity index (χ0n) is 12.0. The molecule has 0 atom stereocenters. The van der Waals surface area contributed by atoms with Crippen LogP contribution in [0.25, 0.3) is 0 Å². The Balaban J connectivity index is 2.21. The van der Waals surface area contributed by atoms with Crippen molar-refractivity contribution in [3.8, 4) is 5.75 Å². The number of nitrogens with zero attached hydrogens (tertiary/aromatic N) is 3. The lowest BCUT2D eigenvalue weighted by Gasteiger charge is -2.09. The summed E-state index contributed by atoms with van der Waals surface area (Å²) in [6.45, 7) is 5.84. The van der Waals surface area contributed by atoms with E-state index < -0.39 is 5.91 Å². The number of aromatic nitrogens is 3. The molecule has 1 aromatic carbocycles. The van der Waals surface area contributed by atoms with Crippen molar-refractivity contribution in [3.63, 3.8) is 0 Å². The van der Waals surface area contributed by atoms with Crippen LogP contribution >= 0.6 is 0 Å². The number of carbonyl (C=O) groups is 1. The molecule has 0 spiro atoms. The topological polar surface area (TPSA) is 80.0 Å². The molecular weight excluding hydrogens is 256 g/mol.